The molecule has 0 aliphatic rings. The molecule has 0 saturated heterocycles. The van der Waals surface area contributed by atoms with E-state index in [2.05, 4.69) is 15.6 Å². The molecule has 0 aromatic heterocycles. The number of benzene rings is 2. The summed E-state index contributed by atoms with van der Waals surface area (Å²) in [4.78, 5) is 18.2. The first-order valence-corrected chi connectivity index (χ1v) is 8.47. The molecule has 0 aliphatic carbocycles. The van der Waals surface area contributed by atoms with E-state index in [-0.39, 0.29) is 29.9 Å². The highest BCUT2D eigenvalue weighted by Gasteiger charge is 2.07. The van der Waals surface area contributed by atoms with Gasteiger partial charge in [-0.05, 0) is 29.8 Å². The van der Waals surface area contributed by atoms with Crippen LogP contribution in [0.4, 0.5) is 0 Å². The van der Waals surface area contributed by atoms with Crippen molar-refractivity contribution in [3.63, 3.8) is 0 Å². The fraction of sp³-hybridized carbons (Fsp3) is 0.263. The van der Waals surface area contributed by atoms with Crippen LogP contribution >= 0.6 is 35.6 Å². The average Bonchev–Trinajstić information content (AvgIpc) is 2.62. The summed E-state index contributed by atoms with van der Waals surface area (Å²) in [5, 5.41) is 6.84. The number of halogens is 2. The maximum atomic E-state index is 12.0. The number of carbonyl (C=O) groups excluding carboxylic acids is 1. The molecule has 26 heavy (non-hydrogen) atoms. The highest BCUT2D eigenvalue weighted by atomic mass is 127. The van der Waals surface area contributed by atoms with Gasteiger partial charge in [0.2, 0.25) is 0 Å². The molecule has 0 bridgehead atoms. The van der Waals surface area contributed by atoms with Gasteiger partial charge in [0, 0.05) is 44.3 Å². The second-order valence-electron chi connectivity index (χ2n) is 5.58. The van der Waals surface area contributed by atoms with Crippen molar-refractivity contribution in [2.45, 2.75) is 6.54 Å². The van der Waals surface area contributed by atoms with Crippen molar-refractivity contribution in [2.75, 3.05) is 27.2 Å². The number of aliphatic imine (C=N–C) groups is 1. The first-order chi connectivity index (χ1) is 12.1. The van der Waals surface area contributed by atoms with Crippen molar-refractivity contribution < 1.29 is 4.79 Å². The van der Waals surface area contributed by atoms with Crippen molar-refractivity contribution in [3.05, 3.63) is 70.7 Å². The van der Waals surface area contributed by atoms with Crippen LogP contribution in [-0.4, -0.2) is 44.0 Å². The van der Waals surface area contributed by atoms with E-state index < -0.39 is 0 Å². The monoisotopic (exact) mass is 486 g/mol. The molecular weight excluding hydrogens is 463 g/mol. The predicted molar refractivity (Wildman–Crippen MR) is 118 cm³/mol. The van der Waals surface area contributed by atoms with Crippen LogP contribution < -0.4 is 10.6 Å². The van der Waals surface area contributed by atoms with Gasteiger partial charge in [-0.15, -0.1) is 24.0 Å². The van der Waals surface area contributed by atoms with Gasteiger partial charge in [0.15, 0.2) is 5.96 Å². The standard InChI is InChI=1S/C19H23ClN4O.HI/c1-21-19(24(2)14-15-7-6-10-17(20)13-15)23-12-11-22-18(25)16-8-4-3-5-9-16;/h3-10,13H,11-12,14H2,1-2H3,(H,21,23)(H,22,25);1H. The maximum Gasteiger partial charge on any atom is 0.251 e. The SMILES string of the molecule is CN=C(NCCNC(=O)c1ccccc1)N(C)Cc1cccc(Cl)c1.I. The first kappa shape index (κ1) is 22.2. The number of nitrogens with one attached hydrogen (secondary N) is 2. The smallest absolute Gasteiger partial charge is 0.251 e. The van der Waals surface area contributed by atoms with Crippen LogP contribution in [0.3, 0.4) is 0 Å². The van der Waals surface area contributed by atoms with Crippen LogP contribution in [-0.2, 0) is 6.54 Å². The molecular formula is C19H24ClIN4O. The summed E-state index contributed by atoms with van der Waals surface area (Å²) in [5.74, 6) is 0.679. The zero-order valence-corrected chi connectivity index (χ0v) is 18.0. The quantitative estimate of drug-likeness (QED) is 0.285. The van der Waals surface area contributed by atoms with Crippen molar-refractivity contribution >= 4 is 47.4 Å². The Morgan fingerprint density at radius 2 is 1.77 bits per heavy atom. The van der Waals surface area contributed by atoms with Gasteiger partial charge in [-0.3, -0.25) is 9.79 Å². The second-order valence-corrected chi connectivity index (χ2v) is 6.02. The lowest BCUT2D eigenvalue weighted by molar-refractivity contribution is 0.0954. The number of hydrogen-bond donors (Lipinski definition) is 2. The van der Waals surface area contributed by atoms with E-state index in [0.717, 1.165) is 16.5 Å². The Hall–Kier alpha value is -1.80. The normalized spacial score (nSPS) is 10.7. The second kappa shape index (κ2) is 11.7. The summed E-state index contributed by atoms with van der Waals surface area (Å²) in [6.45, 7) is 1.79. The van der Waals surface area contributed by atoms with Crippen molar-refractivity contribution in [1.29, 1.82) is 0 Å². The van der Waals surface area contributed by atoms with E-state index in [1.807, 2.05) is 54.4 Å². The molecule has 0 aliphatic heterocycles. The Balaban J connectivity index is 0.00000338. The third-order valence-corrected chi connectivity index (χ3v) is 3.85. The minimum Gasteiger partial charge on any atom is -0.354 e. The van der Waals surface area contributed by atoms with Gasteiger partial charge >= 0.3 is 0 Å². The molecule has 5 nitrogen and oxygen atoms in total. The number of carbonyl (C=O) groups is 1. The number of rotatable bonds is 6. The topological polar surface area (TPSA) is 56.7 Å². The largest absolute Gasteiger partial charge is 0.354 e. The van der Waals surface area contributed by atoms with E-state index in [9.17, 15) is 4.79 Å². The summed E-state index contributed by atoms with van der Waals surface area (Å²) in [6.07, 6.45) is 0. The Labute approximate surface area is 176 Å². The van der Waals surface area contributed by atoms with E-state index in [4.69, 9.17) is 11.6 Å². The number of nitrogens with zero attached hydrogens (tertiary/aromatic N) is 2. The van der Waals surface area contributed by atoms with Crippen LogP contribution in [0.1, 0.15) is 15.9 Å². The zero-order chi connectivity index (χ0) is 18.1. The van der Waals surface area contributed by atoms with Gasteiger partial charge in [-0.1, -0.05) is 41.9 Å². The molecule has 0 heterocycles. The minimum atomic E-state index is -0.0790. The van der Waals surface area contributed by atoms with E-state index in [1.165, 1.54) is 0 Å². The minimum absolute atomic E-state index is 0. The van der Waals surface area contributed by atoms with Gasteiger partial charge in [0.1, 0.15) is 0 Å². The highest BCUT2D eigenvalue weighted by Crippen LogP contribution is 2.12. The van der Waals surface area contributed by atoms with Crippen molar-refractivity contribution in [3.8, 4) is 0 Å². The lowest BCUT2D eigenvalue weighted by atomic mass is 10.2. The molecule has 0 unspecified atom stereocenters. The molecule has 0 radical (unpaired) electrons. The van der Waals surface area contributed by atoms with Crippen LogP contribution in [0.2, 0.25) is 5.02 Å². The van der Waals surface area contributed by atoms with Crippen LogP contribution in [0.25, 0.3) is 0 Å². The summed E-state index contributed by atoms with van der Waals surface area (Å²) in [6, 6.07) is 16.9. The third-order valence-electron chi connectivity index (χ3n) is 3.61. The molecule has 2 aromatic rings. The van der Waals surface area contributed by atoms with Gasteiger partial charge in [0.05, 0.1) is 0 Å². The van der Waals surface area contributed by atoms with Crippen LogP contribution in [0.15, 0.2) is 59.6 Å². The Morgan fingerprint density at radius 3 is 2.42 bits per heavy atom. The third kappa shape index (κ3) is 7.21. The number of amides is 1. The molecule has 140 valence electrons. The van der Waals surface area contributed by atoms with Crippen LogP contribution in [0.5, 0.6) is 0 Å². The molecule has 2 rings (SSSR count). The van der Waals surface area contributed by atoms with Crippen LogP contribution in [0, 0.1) is 0 Å². The van der Waals surface area contributed by atoms with Crippen molar-refractivity contribution in [2.24, 2.45) is 4.99 Å². The lowest BCUT2D eigenvalue weighted by Crippen LogP contribution is -2.42. The first-order valence-electron chi connectivity index (χ1n) is 8.09. The zero-order valence-electron chi connectivity index (χ0n) is 14.9. The Morgan fingerprint density at radius 1 is 1.08 bits per heavy atom. The fourth-order valence-electron chi connectivity index (χ4n) is 2.41. The fourth-order valence-corrected chi connectivity index (χ4v) is 2.62. The Kier molecular flexibility index (Phi) is 10.0. The molecule has 2 aromatic carbocycles. The number of hydrogen-bond acceptors (Lipinski definition) is 2. The van der Waals surface area contributed by atoms with E-state index in [0.29, 0.717) is 25.2 Å². The van der Waals surface area contributed by atoms with Gasteiger partial charge in [-0.25, -0.2) is 0 Å². The van der Waals surface area contributed by atoms with Gasteiger partial charge in [0.25, 0.3) is 5.91 Å². The predicted octanol–water partition coefficient (Wildman–Crippen LogP) is 3.40. The highest BCUT2D eigenvalue weighted by molar-refractivity contribution is 14.0. The molecule has 1 amide bonds. The Bertz CT molecular complexity index is 724. The molecule has 7 heteroatoms. The maximum absolute atomic E-state index is 12.0. The summed E-state index contributed by atoms with van der Waals surface area (Å²) in [5.41, 5.74) is 1.76. The average molecular weight is 487 g/mol. The van der Waals surface area contributed by atoms with Crippen molar-refractivity contribution in [1.82, 2.24) is 15.5 Å². The molecule has 0 spiro atoms. The van der Waals surface area contributed by atoms with E-state index >= 15 is 0 Å². The summed E-state index contributed by atoms with van der Waals surface area (Å²) < 4.78 is 0. The summed E-state index contributed by atoms with van der Waals surface area (Å²) >= 11 is 6.02. The molecule has 0 atom stereocenters. The van der Waals surface area contributed by atoms with Gasteiger partial charge in [-0.2, -0.15) is 0 Å². The lowest BCUT2D eigenvalue weighted by Gasteiger charge is -2.22. The van der Waals surface area contributed by atoms with E-state index in [1.54, 1.807) is 19.2 Å². The molecule has 0 saturated carbocycles. The molecule has 0 fully saturated rings. The summed E-state index contributed by atoms with van der Waals surface area (Å²) in [7, 11) is 3.69. The van der Waals surface area contributed by atoms with Gasteiger partial charge < -0.3 is 15.5 Å². The number of guanidine groups is 1. The molecule has 2 N–H and O–H groups in total.